The molecule has 5 N–H and O–H groups in total. The van der Waals surface area contributed by atoms with E-state index in [0.717, 1.165) is 17.4 Å². The molecule has 1 atom stereocenters. The zero-order valence-corrected chi connectivity index (χ0v) is 27.8. The quantitative estimate of drug-likeness (QED) is 0.0788. The van der Waals surface area contributed by atoms with Crippen molar-refractivity contribution in [3.8, 4) is 11.3 Å². The van der Waals surface area contributed by atoms with E-state index in [1.165, 1.54) is 12.1 Å². The Kier molecular flexibility index (Phi) is 10.0. The van der Waals surface area contributed by atoms with E-state index in [2.05, 4.69) is 26.3 Å². The first kappa shape index (κ1) is 34.7. The molecule has 4 aromatic rings. The van der Waals surface area contributed by atoms with Crippen LogP contribution < -0.4 is 10.5 Å². The number of aromatic amines is 1. The molecule has 0 radical (unpaired) electrons. The second kappa shape index (κ2) is 13.9. The fourth-order valence-electron chi connectivity index (χ4n) is 5.69. The number of halogens is 3. The summed E-state index contributed by atoms with van der Waals surface area (Å²) in [6, 6.07) is 9.48. The van der Waals surface area contributed by atoms with Gasteiger partial charge in [0.15, 0.2) is 0 Å². The van der Waals surface area contributed by atoms with Gasteiger partial charge in [0.2, 0.25) is 10.0 Å². The maximum Gasteiger partial charge on any atom is 0.261 e. The maximum absolute atomic E-state index is 14.6. The van der Waals surface area contributed by atoms with Crippen molar-refractivity contribution in [3.05, 3.63) is 107 Å². The summed E-state index contributed by atoms with van der Waals surface area (Å²) in [5.41, 5.74) is 11.5. The maximum atomic E-state index is 14.6. The van der Waals surface area contributed by atoms with Gasteiger partial charge in [-0.15, -0.1) is 6.58 Å². The monoisotopic (exact) mass is 677 g/mol. The largest absolute Gasteiger partial charge is 0.383 e. The van der Waals surface area contributed by atoms with Gasteiger partial charge in [0.1, 0.15) is 11.6 Å². The minimum Gasteiger partial charge on any atom is -0.383 e. The van der Waals surface area contributed by atoms with Crippen molar-refractivity contribution in [2.24, 2.45) is 5.92 Å². The lowest BCUT2D eigenvalue weighted by Gasteiger charge is -2.17. The molecule has 4 heterocycles. The molecule has 48 heavy (non-hydrogen) atoms. The molecule has 0 aliphatic carbocycles. The molecule has 1 saturated heterocycles. The van der Waals surface area contributed by atoms with E-state index in [-0.39, 0.29) is 37.0 Å². The van der Waals surface area contributed by atoms with Gasteiger partial charge >= 0.3 is 0 Å². The highest BCUT2D eigenvalue weighted by atomic mass is 32.2. The Hall–Kier alpha value is -4.59. The molecular weight excluding hydrogens is 639 g/mol. The molecule has 1 aliphatic rings. The summed E-state index contributed by atoms with van der Waals surface area (Å²) in [6.07, 6.45) is 9.79. The third-order valence-corrected chi connectivity index (χ3v) is 8.71. The minimum atomic E-state index is -3.48. The van der Waals surface area contributed by atoms with Crippen molar-refractivity contribution in [1.82, 2.24) is 24.6 Å². The van der Waals surface area contributed by atoms with Crippen LogP contribution in [0.15, 0.2) is 79.2 Å². The molecular formula is C35H38F3N7O2S. The summed E-state index contributed by atoms with van der Waals surface area (Å²) >= 11 is 0. The summed E-state index contributed by atoms with van der Waals surface area (Å²) in [4.78, 5) is 13.8. The van der Waals surface area contributed by atoms with Gasteiger partial charge in [0.05, 0.1) is 29.9 Å². The molecule has 0 saturated carbocycles. The molecule has 0 unspecified atom stereocenters. The Labute approximate surface area is 278 Å². The number of allylic oxidation sites excluding steroid dienone is 4. The third-order valence-electron chi connectivity index (χ3n) is 8.05. The van der Waals surface area contributed by atoms with E-state index in [4.69, 9.17) is 11.1 Å². The number of alkyl halides is 2. The van der Waals surface area contributed by atoms with E-state index in [0.29, 0.717) is 57.6 Å². The van der Waals surface area contributed by atoms with Crippen LogP contribution in [0.5, 0.6) is 0 Å². The normalized spacial score (nSPS) is 16.4. The molecule has 5 rings (SSSR count). The number of benzene rings is 1. The number of nitrogen functional groups attached to an aromatic ring is 1. The number of anilines is 1. The number of rotatable bonds is 12. The van der Waals surface area contributed by atoms with Crippen molar-refractivity contribution < 1.29 is 21.6 Å². The van der Waals surface area contributed by atoms with Gasteiger partial charge in [-0.05, 0) is 60.4 Å². The van der Waals surface area contributed by atoms with E-state index in [1.807, 2.05) is 26.0 Å². The number of aromatic nitrogens is 3. The lowest BCUT2D eigenvalue weighted by molar-refractivity contribution is 0.0131. The van der Waals surface area contributed by atoms with Gasteiger partial charge in [-0.3, -0.25) is 15.3 Å². The van der Waals surface area contributed by atoms with Gasteiger partial charge in [-0.25, -0.2) is 31.3 Å². The first-order chi connectivity index (χ1) is 22.6. The third kappa shape index (κ3) is 8.46. The fourth-order valence-corrected chi connectivity index (χ4v) is 6.11. The zero-order valence-electron chi connectivity index (χ0n) is 26.9. The van der Waals surface area contributed by atoms with Crippen LogP contribution >= 0.6 is 0 Å². The number of sulfonamides is 1. The zero-order chi connectivity index (χ0) is 34.8. The van der Waals surface area contributed by atoms with Crippen molar-refractivity contribution in [2.45, 2.75) is 32.7 Å². The van der Waals surface area contributed by atoms with Crippen LogP contribution in [0.4, 0.5) is 19.0 Å². The second-order valence-corrected chi connectivity index (χ2v) is 14.1. The van der Waals surface area contributed by atoms with Crippen molar-refractivity contribution in [3.63, 3.8) is 0 Å². The first-order valence-electron chi connectivity index (χ1n) is 15.3. The second-order valence-electron chi connectivity index (χ2n) is 12.3. The number of H-pyrrole nitrogens is 1. The summed E-state index contributed by atoms with van der Waals surface area (Å²) in [5.74, 6) is -3.09. The van der Waals surface area contributed by atoms with Gasteiger partial charge in [0, 0.05) is 66.0 Å². The molecule has 1 aliphatic heterocycles. The fraction of sp³-hybridized carbons (Fsp3) is 0.286. The highest BCUT2D eigenvalue weighted by Crippen LogP contribution is 2.31. The topological polar surface area (TPSA) is 141 Å². The predicted octanol–water partition coefficient (Wildman–Crippen LogP) is 6.30. The van der Waals surface area contributed by atoms with E-state index >= 15 is 0 Å². The highest BCUT2D eigenvalue weighted by molar-refractivity contribution is 7.88. The van der Waals surface area contributed by atoms with Crippen LogP contribution in [0.25, 0.3) is 27.7 Å². The van der Waals surface area contributed by atoms with Gasteiger partial charge in [0.25, 0.3) is 5.92 Å². The van der Waals surface area contributed by atoms with Gasteiger partial charge < -0.3 is 10.7 Å². The molecule has 252 valence electrons. The number of nitrogens with two attached hydrogens (primary N) is 1. The summed E-state index contributed by atoms with van der Waals surface area (Å²) in [6.45, 7) is 8.12. The molecule has 0 spiro atoms. The van der Waals surface area contributed by atoms with E-state index < -0.39 is 21.8 Å². The Morgan fingerprint density at radius 3 is 2.71 bits per heavy atom. The number of likely N-dealkylation sites (tertiary alicyclic amines) is 1. The molecule has 3 aromatic heterocycles. The van der Waals surface area contributed by atoms with Crippen molar-refractivity contribution in [1.29, 1.82) is 5.41 Å². The lowest BCUT2D eigenvalue weighted by Crippen LogP contribution is -2.26. The van der Waals surface area contributed by atoms with Crippen molar-refractivity contribution in [2.75, 3.05) is 31.6 Å². The average Bonchev–Trinajstić information content (AvgIpc) is 3.61. The van der Waals surface area contributed by atoms with Crippen LogP contribution in [0, 0.1) is 17.1 Å². The molecule has 13 heteroatoms. The summed E-state index contributed by atoms with van der Waals surface area (Å²) in [7, 11) is -3.48. The molecule has 0 amide bonds. The number of nitrogens with zero attached hydrogens (tertiary/aromatic N) is 3. The number of nitrogens with one attached hydrogen (secondary N) is 3. The Morgan fingerprint density at radius 2 is 2.02 bits per heavy atom. The number of hydrogen-bond donors (Lipinski definition) is 4. The van der Waals surface area contributed by atoms with E-state index in [1.54, 1.807) is 47.6 Å². The van der Waals surface area contributed by atoms with E-state index in [9.17, 15) is 21.6 Å². The summed E-state index contributed by atoms with van der Waals surface area (Å²) in [5, 5.41) is 9.74. The average molecular weight is 678 g/mol. The predicted molar refractivity (Wildman–Crippen MR) is 185 cm³/mol. The molecule has 1 fully saturated rings. The van der Waals surface area contributed by atoms with Gasteiger partial charge in [-0.1, -0.05) is 30.7 Å². The summed E-state index contributed by atoms with van der Waals surface area (Å²) < 4.78 is 67.8. The van der Waals surface area contributed by atoms with Gasteiger partial charge in [-0.2, -0.15) is 0 Å². The highest BCUT2D eigenvalue weighted by Gasteiger charge is 2.37. The SMILES string of the molecule is C=C[C@H](C)/C=C(\C=C(/C)CN1CCC(F)(F)C1)c1cnc(N)c(C(=N)c2cc3c(-c4cc(F)cc(CNS(C)(=O)=O)c4)nccc3[nH]2)c1. The standard InChI is InChI=1S/C35H38F3N7O2S/c1-5-21(2)10-24(11-22(3)19-45-9-7-35(37,38)20-45)26-15-29(34(40)42-18-26)32(39)31-16-28-30(44-31)6-8-41-33(28)25-12-23(13-27(36)14-25)17-43-48(4,46)47/h5-6,8,10-16,18,21,39,43-44H,1,7,9,17,19-20H2,2-4H3,(H2,40,42)/b22-11+,24-10+,39-32?/t21-/m0/s1. The Balaban J connectivity index is 1.48. The molecule has 0 bridgehead atoms. The Morgan fingerprint density at radius 1 is 1.25 bits per heavy atom. The number of fused-ring (bicyclic) bond motifs is 1. The van der Waals surface area contributed by atoms with Crippen LogP contribution in [0.3, 0.4) is 0 Å². The van der Waals surface area contributed by atoms with Crippen LogP contribution in [-0.4, -0.2) is 65.8 Å². The Bertz CT molecular complexity index is 2050. The number of pyridine rings is 2. The van der Waals surface area contributed by atoms with Crippen LogP contribution in [0.1, 0.15) is 42.7 Å². The molecule has 1 aromatic carbocycles. The first-order valence-corrected chi connectivity index (χ1v) is 17.2. The van der Waals surface area contributed by atoms with Crippen LogP contribution in [-0.2, 0) is 16.6 Å². The van der Waals surface area contributed by atoms with Crippen LogP contribution in [0.2, 0.25) is 0 Å². The minimum absolute atomic E-state index is 0.00857. The smallest absolute Gasteiger partial charge is 0.261 e. The molecule has 9 nitrogen and oxygen atoms in total. The number of hydrogen-bond acceptors (Lipinski definition) is 7. The van der Waals surface area contributed by atoms with Crippen molar-refractivity contribution >= 4 is 38.0 Å². The lowest BCUT2D eigenvalue weighted by atomic mass is 9.97.